The molecule has 26 heavy (non-hydrogen) atoms. The van der Waals surface area contributed by atoms with Gasteiger partial charge in [-0.2, -0.15) is 0 Å². The van der Waals surface area contributed by atoms with E-state index in [2.05, 4.69) is 28.6 Å². The number of hydrogen-bond acceptors (Lipinski definition) is 6. The molecule has 2 saturated heterocycles. The first-order chi connectivity index (χ1) is 12.6. The van der Waals surface area contributed by atoms with Crippen LogP contribution in [-0.4, -0.2) is 71.3 Å². The third-order valence-electron chi connectivity index (χ3n) is 5.61. The van der Waals surface area contributed by atoms with Crippen LogP contribution in [0.4, 0.5) is 0 Å². The van der Waals surface area contributed by atoms with E-state index in [0.717, 1.165) is 70.2 Å². The van der Waals surface area contributed by atoms with Gasteiger partial charge in [-0.1, -0.05) is 6.92 Å². The molecule has 0 saturated carbocycles. The number of likely N-dealkylation sites (tertiary alicyclic amines) is 1. The fourth-order valence-corrected chi connectivity index (χ4v) is 5.40. The van der Waals surface area contributed by atoms with E-state index in [-0.39, 0.29) is 6.42 Å². The van der Waals surface area contributed by atoms with Crippen molar-refractivity contribution in [2.24, 2.45) is 5.92 Å². The number of aliphatic carboxylic acids is 1. The van der Waals surface area contributed by atoms with Crippen LogP contribution >= 0.6 is 11.3 Å². The fourth-order valence-electron chi connectivity index (χ4n) is 4.34. The smallest absolute Gasteiger partial charge is 0.303 e. The van der Waals surface area contributed by atoms with Crippen LogP contribution in [0.25, 0.3) is 0 Å². The molecule has 2 aliphatic heterocycles. The van der Waals surface area contributed by atoms with Crippen molar-refractivity contribution in [3.63, 3.8) is 0 Å². The molecule has 146 valence electrons. The van der Waals surface area contributed by atoms with Gasteiger partial charge in [0.1, 0.15) is 0 Å². The third kappa shape index (κ3) is 5.03. The minimum atomic E-state index is -0.686. The fraction of sp³-hybridized carbons (Fsp3) is 0.789. The Morgan fingerprint density at radius 2 is 2.12 bits per heavy atom. The number of hydrogen-bond donors (Lipinski definition) is 1. The van der Waals surface area contributed by atoms with Crippen LogP contribution in [0, 0.1) is 12.8 Å². The number of carboxylic acids is 1. The van der Waals surface area contributed by atoms with Crippen molar-refractivity contribution in [3.8, 4) is 0 Å². The lowest BCUT2D eigenvalue weighted by atomic mass is 9.86. The highest BCUT2D eigenvalue weighted by Crippen LogP contribution is 2.29. The first kappa shape index (κ1) is 19.7. The molecule has 1 aromatic rings. The maximum Gasteiger partial charge on any atom is 0.303 e. The first-order valence-corrected chi connectivity index (χ1v) is 10.6. The van der Waals surface area contributed by atoms with Crippen LogP contribution < -0.4 is 0 Å². The quantitative estimate of drug-likeness (QED) is 0.782. The van der Waals surface area contributed by atoms with E-state index in [4.69, 9.17) is 9.84 Å². The third-order valence-corrected chi connectivity index (χ3v) is 6.61. The topological polar surface area (TPSA) is 65.9 Å². The van der Waals surface area contributed by atoms with E-state index < -0.39 is 5.97 Å². The molecule has 0 bridgehead atoms. The molecule has 1 aromatic heterocycles. The van der Waals surface area contributed by atoms with E-state index >= 15 is 0 Å². The van der Waals surface area contributed by atoms with E-state index in [1.165, 1.54) is 10.6 Å². The second-order valence-electron chi connectivity index (χ2n) is 7.39. The van der Waals surface area contributed by atoms with Crippen molar-refractivity contribution in [1.29, 1.82) is 0 Å². The van der Waals surface area contributed by atoms with Gasteiger partial charge in [0.2, 0.25) is 0 Å². The average molecular weight is 382 g/mol. The molecule has 7 heteroatoms. The number of ether oxygens (including phenoxy) is 1. The van der Waals surface area contributed by atoms with Gasteiger partial charge >= 0.3 is 5.97 Å². The zero-order valence-corrected chi connectivity index (χ0v) is 16.8. The predicted octanol–water partition coefficient (Wildman–Crippen LogP) is 2.40. The van der Waals surface area contributed by atoms with Gasteiger partial charge in [-0.25, -0.2) is 4.98 Å². The van der Waals surface area contributed by atoms with Gasteiger partial charge in [0, 0.05) is 50.1 Å². The maximum atomic E-state index is 11.1. The summed E-state index contributed by atoms with van der Waals surface area (Å²) in [5, 5.41) is 10.3. The van der Waals surface area contributed by atoms with Gasteiger partial charge < -0.3 is 9.84 Å². The molecular formula is C19H31N3O3S. The zero-order valence-electron chi connectivity index (χ0n) is 15.9. The normalized spacial score (nSPS) is 25.5. The summed E-state index contributed by atoms with van der Waals surface area (Å²) in [4.78, 5) is 22.2. The van der Waals surface area contributed by atoms with Crippen LogP contribution in [-0.2, 0) is 22.5 Å². The largest absolute Gasteiger partial charge is 0.481 e. The van der Waals surface area contributed by atoms with Crippen molar-refractivity contribution in [2.45, 2.75) is 52.1 Å². The lowest BCUT2D eigenvalue weighted by molar-refractivity contribution is -0.137. The molecule has 1 N–H and O–H groups in total. The molecule has 3 rings (SSSR count). The van der Waals surface area contributed by atoms with Gasteiger partial charge in [-0.3, -0.25) is 14.6 Å². The highest BCUT2D eigenvalue weighted by molar-refractivity contribution is 7.11. The number of carbonyl (C=O) groups is 1. The molecule has 3 heterocycles. The number of thiazole rings is 1. The van der Waals surface area contributed by atoms with Crippen LogP contribution in [0.15, 0.2) is 0 Å². The van der Waals surface area contributed by atoms with Gasteiger partial charge in [-0.15, -0.1) is 11.3 Å². The second kappa shape index (κ2) is 9.26. The minimum Gasteiger partial charge on any atom is -0.481 e. The number of piperidine rings is 1. The second-order valence-corrected chi connectivity index (χ2v) is 8.68. The predicted molar refractivity (Wildman–Crippen MR) is 103 cm³/mol. The van der Waals surface area contributed by atoms with Crippen molar-refractivity contribution >= 4 is 17.3 Å². The molecule has 2 fully saturated rings. The van der Waals surface area contributed by atoms with Crippen molar-refractivity contribution in [2.75, 3.05) is 39.4 Å². The van der Waals surface area contributed by atoms with Gasteiger partial charge in [0.25, 0.3) is 0 Å². The highest BCUT2D eigenvalue weighted by atomic mass is 32.1. The molecule has 2 aliphatic rings. The minimum absolute atomic E-state index is 0.263. The summed E-state index contributed by atoms with van der Waals surface area (Å²) in [7, 11) is 0. The Morgan fingerprint density at radius 1 is 1.35 bits per heavy atom. The lowest BCUT2D eigenvalue weighted by Gasteiger charge is -2.45. The van der Waals surface area contributed by atoms with Crippen molar-refractivity contribution < 1.29 is 14.6 Å². The Bertz CT molecular complexity index is 601. The van der Waals surface area contributed by atoms with Crippen molar-refractivity contribution in [1.82, 2.24) is 14.8 Å². The Hall–Kier alpha value is -1.02. The summed E-state index contributed by atoms with van der Waals surface area (Å²) >= 11 is 1.81. The number of rotatable bonds is 7. The van der Waals surface area contributed by atoms with Gasteiger partial charge in [0.05, 0.1) is 23.9 Å². The number of nitrogens with zero attached hydrogens (tertiary/aromatic N) is 3. The summed E-state index contributed by atoms with van der Waals surface area (Å²) < 4.78 is 5.50. The van der Waals surface area contributed by atoms with Crippen LogP contribution in [0.3, 0.4) is 0 Å². The molecule has 6 nitrogen and oxygen atoms in total. The average Bonchev–Trinajstić information content (AvgIpc) is 3.00. The van der Waals surface area contributed by atoms with Crippen LogP contribution in [0.5, 0.6) is 0 Å². The lowest BCUT2D eigenvalue weighted by Crippen LogP contribution is -2.53. The van der Waals surface area contributed by atoms with Gasteiger partial charge in [-0.05, 0) is 32.1 Å². The monoisotopic (exact) mass is 381 g/mol. The maximum absolute atomic E-state index is 11.1. The van der Waals surface area contributed by atoms with E-state index in [1.807, 2.05) is 11.3 Å². The first-order valence-electron chi connectivity index (χ1n) is 9.78. The summed E-state index contributed by atoms with van der Waals surface area (Å²) in [6.07, 6.45) is 3.12. The molecule has 0 radical (unpaired) electrons. The zero-order chi connectivity index (χ0) is 18.5. The van der Waals surface area contributed by atoms with Crippen molar-refractivity contribution in [3.05, 3.63) is 15.6 Å². The number of aromatic nitrogens is 1. The van der Waals surface area contributed by atoms with Gasteiger partial charge in [0.15, 0.2) is 0 Å². The van der Waals surface area contributed by atoms with Crippen LogP contribution in [0.1, 0.15) is 41.8 Å². The Morgan fingerprint density at radius 3 is 2.81 bits per heavy atom. The standard InChI is InChI=1S/C19H31N3O3S/c1-3-16-18(26-14(2)20-16)13-21-7-6-17(22-8-10-25-11-9-22)15(12-21)4-5-19(23)24/h15,17H,3-13H2,1-2H3,(H,23,24)/t15-,17+/m1/s1. The molecule has 2 atom stereocenters. The number of aryl methyl sites for hydroxylation is 2. The molecule has 0 aromatic carbocycles. The Balaban J connectivity index is 1.65. The Labute approximate surface area is 160 Å². The SMILES string of the molecule is CCc1nc(C)sc1CN1CC[C@H](N2CCOCC2)[C@H](CCC(=O)O)C1. The van der Waals surface area contributed by atoms with E-state index in [9.17, 15) is 4.79 Å². The van der Waals surface area contributed by atoms with E-state index in [0.29, 0.717) is 12.0 Å². The summed E-state index contributed by atoms with van der Waals surface area (Å²) in [5.41, 5.74) is 1.23. The molecule has 0 aliphatic carbocycles. The van der Waals surface area contributed by atoms with E-state index in [1.54, 1.807) is 0 Å². The summed E-state index contributed by atoms with van der Waals surface area (Å²) in [6, 6.07) is 0.489. The molecule has 0 unspecified atom stereocenters. The molecular weight excluding hydrogens is 350 g/mol. The van der Waals surface area contributed by atoms with Crippen LogP contribution in [0.2, 0.25) is 0 Å². The summed E-state index contributed by atoms with van der Waals surface area (Å²) in [6.45, 7) is 10.8. The number of morpholine rings is 1. The molecule has 0 amide bonds. The number of carboxylic acid groups (broad SMARTS) is 1. The summed E-state index contributed by atoms with van der Waals surface area (Å²) in [5.74, 6) is -0.272. The highest BCUT2D eigenvalue weighted by Gasteiger charge is 2.34. The Kier molecular flexibility index (Phi) is 7.03. The molecule has 0 spiro atoms.